The van der Waals surface area contributed by atoms with Crippen LogP contribution >= 0.6 is 0 Å². The van der Waals surface area contributed by atoms with Crippen molar-refractivity contribution < 1.29 is 9.53 Å². The number of aliphatic imine (C=N–C) groups is 1. The van der Waals surface area contributed by atoms with Crippen LogP contribution in [0.1, 0.15) is 47.2 Å². The number of amides is 1. The second-order valence-electron chi connectivity index (χ2n) is 11.0. The number of aryl methyl sites for hydroxylation is 2. The number of hydrogen-bond acceptors (Lipinski definition) is 7. The maximum Gasteiger partial charge on any atom is 0.318 e. The van der Waals surface area contributed by atoms with Gasteiger partial charge in [-0.15, -0.1) is 0 Å². The second-order valence-corrected chi connectivity index (χ2v) is 11.0. The molecule has 3 heterocycles. The highest BCUT2D eigenvalue weighted by atomic mass is 16.5. The van der Waals surface area contributed by atoms with Crippen LogP contribution in [0.4, 0.5) is 11.5 Å². The van der Waals surface area contributed by atoms with Gasteiger partial charge >= 0.3 is 6.01 Å². The lowest BCUT2D eigenvalue weighted by Crippen LogP contribution is -2.49. The van der Waals surface area contributed by atoms with Gasteiger partial charge in [-0.2, -0.15) is 9.97 Å². The molecule has 8 nitrogen and oxygen atoms in total. The van der Waals surface area contributed by atoms with E-state index in [1.165, 1.54) is 34.0 Å². The third-order valence-corrected chi connectivity index (χ3v) is 8.23. The first kappa shape index (κ1) is 26.9. The average Bonchev–Trinajstić information content (AvgIpc) is 3.38. The number of benzene rings is 1. The van der Waals surface area contributed by atoms with Crippen molar-refractivity contribution in [3.05, 3.63) is 64.9 Å². The Morgan fingerprint density at radius 3 is 2.56 bits per heavy atom. The maximum atomic E-state index is 12.2. The van der Waals surface area contributed by atoms with Crippen LogP contribution in [0.5, 0.6) is 6.01 Å². The number of ether oxygens (including phenoxy) is 1. The van der Waals surface area contributed by atoms with Crippen molar-refractivity contribution in [2.24, 2.45) is 10.9 Å². The van der Waals surface area contributed by atoms with E-state index in [2.05, 4.69) is 53.9 Å². The molecule has 206 valence electrons. The lowest BCUT2D eigenvalue weighted by atomic mass is 9.98. The summed E-state index contributed by atoms with van der Waals surface area (Å²) >= 11 is 0. The van der Waals surface area contributed by atoms with Crippen molar-refractivity contribution in [3.8, 4) is 6.01 Å². The summed E-state index contributed by atoms with van der Waals surface area (Å²) in [5.41, 5.74) is 8.33. The predicted molar refractivity (Wildman–Crippen MR) is 157 cm³/mol. The minimum absolute atomic E-state index is 0.0165. The molecule has 1 atom stereocenters. The number of aromatic nitrogens is 2. The molecule has 1 unspecified atom stereocenters. The third-order valence-electron chi connectivity index (χ3n) is 8.23. The molecule has 5 rings (SSSR count). The van der Waals surface area contributed by atoms with Gasteiger partial charge in [-0.3, -0.25) is 9.79 Å². The van der Waals surface area contributed by atoms with E-state index in [0.29, 0.717) is 38.2 Å². The minimum atomic E-state index is -0.0165. The van der Waals surface area contributed by atoms with Crippen molar-refractivity contribution in [2.75, 3.05) is 56.2 Å². The van der Waals surface area contributed by atoms with E-state index < -0.39 is 0 Å². The summed E-state index contributed by atoms with van der Waals surface area (Å²) in [6, 6.07) is 4.80. The normalized spacial score (nSPS) is 19.5. The second kappa shape index (κ2) is 11.6. The zero-order valence-corrected chi connectivity index (χ0v) is 23.6. The predicted octanol–water partition coefficient (Wildman–Crippen LogP) is 4.27. The first-order valence-corrected chi connectivity index (χ1v) is 14.0. The number of anilines is 2. The molecule has 2 aromatic rings. The summed E-state index contributed by atoms with van der Waals surface area (Å²) in [6.45, 7) is 17.0. The molecule has 1 saturated heterocycles. The fourth-order valence-corrected chi connectivity index (χ4v) is 6.06. The van der Waals surface area contributed by atoms with Crippen molar-refractivity contribution in [1.82, 2.24) is 14.9 Å². The largest absolute Gasteiger partial charge is 0.463 e. The van der Waals surface area contributed by atoms with E-state index in [1.807, 2.05) is 18.2 Å². The lowest BCUT2D eigenvalue weighted by molar-refractivity contribution is -0.126. The van der Waals surface area contributed by atoms with Gasteiger partial charge < -0.3 is 19.4 Å². The van der Waals surface area contributed by atoms with Crippen LogP contribution in [0.15, 0.2) is 41.9 Å². The Morgan fingerprint density at radius 1 is 1.10 bits per heavy atom. The van der Waals surface area contributed by atoms with Gasteiger partial charge in [0, 0.05) is 62.8 Å². The molecule has 3 aliphatic rings. The standard InChI is InChI=1S/C31H40N6O2/c1-6-28(38)35-13-15-36(16-14-35)30-25-11-12-37(29-23(4)9-8-22(3)26(29)18-32-5)19-27(25)33-31(34-30)39-20-24-10-7-21(2)17-24/h6,8-9,18,24H,1-2,7,10-17,19-20H2,3-5H3. The smallest absolute Gasteiger partial charge is 0.318 e. The highest BCUT2D eigenvalue weighted by molar-refractivity contribution is 5.91. The molecular formula is C31H40N6O2. The van der Waals surface area contributed by atoms with Gasteiger partial charge in [-0.25, -0.2) is 0 Å². The molecule has 0 N–H and O–H groups in total. The molecule has 2 fully saturated rings. The van der Waals surface area contributed by atoms with Crippen molar-refractivity contribution in [2.45, 2.75) is 46.1 Å². The van der Waals surface area contributed by atoms with Gasteiger partial charge in [0.25, 0.3) is 0 Å². The monoisotopic (exact) mass is 528 g/mol. The summed E-state index contributed by atoms with van der Waals surface area (Å²) in [4.78, 5) is 33.0. The Hall–Kier alpha value is -3.68. The fraction of sp³-hybridized carbons (Fsp3) is 0.484. The first-order valence-electron chi connectivity index (χ1n) is 14.0. The number of nitrogens with zero attached hydrogens (tertiary/aromatic N) is 6. The van der Waals surface area contributed by atoms with E-state index in [9.17, 15) is 4.79 Å². The summed E-state index contributed by atoms with van der Waals surface area (Å²) in [5.74, 6) is 1.40. The summed E-state index contributed by atoms with van der Waals surface area (Å²) in [7, 11) is 1.82. The summed E-state index contributed by atoms with van der Waals surface area (Å²) in [6.07, 6.45) is 7.40. The molecule has 1 aliphatic carbocycles. The van der Waals surface area contributed by atoms with Crippen molar-refractivity contribution >= 4 is 23.6 Å². The molecule has 0 bridgehead atoms. The number of hydrogen-bond donors (Lipinski definition) is 0. The summed E-state index contributed by atoms with van der Waals surface area (Å²) in [5, 5.41) is 0. The maximum absolute atomic E-state index is 12.2. The zero-order chi connectivity index (χ0) is 27.5. The Labute approximate surface area is 232 Å². The SMILES string of the molecule is C=CC(=O)N1CCN(c2nc(OCC3CCC(=C)C3)nc3c2CCN(c2c(C)ccc(C)c2C=NC)C3)CC1. The van der Waals surface area contributed by atoms with Crippen molar-refractivity contribution in [3.63, 3.8) is 0 Å². The number of carbonyl (C=O) groups excluding carboxylic acids is 1. The van der Waals surface area contributed by atoms with E-state index in [1.54, 1.807) is 0 Å². The van der Waals surface area contributed by atoms with Crippen LogP contribution in [-0.4, -0.2) is 73.4 Å². The average molecular weight is 529 g/mol. The van der Waals surface area contributed by atoms with Crippen LogP contribution in [0.25, 0.3) is 0 Å². The van der Waals surface area contributed by atoms with Gasteiger partial charge in [0.2, 0.25) is 5.91 Å². The minimum Gasteiger partial charge on any atom is -0.463 e. The highest BCUT2D eigenvalue weighted by Gasteiger charge is 2.30. The molecule has 39 heavy (non-hydrogen) atoms. The Kier molecular flexibility index (Phi) is 8.00. The molecule has 0 spiro atoms. The number of fused-ring (bicyclic) bond motifs is 1. The molecular weight excluding hydrogens is 488 g/mol. The van der Waals surface area contributed by atoms with Gasteiger partial charge in [-0.05, 0) is 62.7 Å². The van der Waals surface area contributed by atoms with Crippen LogP contribution < -0.4 is 14.5 Å². The molecule has 0 radical (unpaired) electrons. The quantitative estimate of drug-likeness (QED) is 0.304. The molecule has 1 saturated carbocycles. The molecule has 1 aromatic carbocycles. The Balaban J connectivity index is 1.45. The van der Waals surface area contributed by atoms with Crippen LogP contribution in [0, 0.1) is 19.8 Å². The fourth-order valence-electron chi connectivity index (χ4n) is 6.06. The number of piperazine rings is 1. The number of carbonyl (C=O) groups is 1. The third kappa shape index (κ3) is 5.70. The van der Waals surface area contributed by atoms with E-state index in [-0.39, 0.29) is 5.91 Å². The number of rotatable bonds is 7. The molecule has 1 aromatic heterocycles. The zero-order valence-electron chi connectivity index (χ0n) is 23.6. The number of allylic oxidation sites excluding steroid dienone is 1. The molecule has 8 heteroatoms. The topological polar surface area (TPSA) is 74.2 Å². The first-order chi connectivity index (χ1) is 18.9. The van der Waals surface area contributed by atoms with E-state index >= 15 is 0 Å². The van der Waals surface area contributed by atoms with Gasteiger partial charge in [0.1, 0.15) is 5.82 Å². The van der Waals surface area contributed by atoms with Gasteiger partial charge in [0.15, 0.2) is 0 Å². The Morgan fingerprint density at radius 2 is 1.87 bits per heavy atom. The van der Waals surface area contributed by atoms with Gasteiger partial charge in [0.05, 0.1) is 18.8 Å². The summed E-state index contributed by atoms with van der Waals surface area (Å²) < 4.78 is 6.25. The van der Waals surface area contributed by atoms with Crippen LogP contribution in [0.2, 0.25) is 0 Å². The molecule has 1 amide bonds. The lowest BCUT2D eigenvalue weighted by Gasteiger charge is -2.38. The van der Waals surface area contributed by atoms with E-state index in [4.69, 9.17) is 14.7 Å². The van der Waals surface area contributed by atoms with Crippen LogP contribution in [-0.2, 0) is 17.8 Å². The Bertz CT molecular complexity index is 1290. The highest BCUT2D eigenvalue weighted by Crippen LogP contribution is 2.35. The van der Waals surface area contributed by atoms with Crippen LogP contribution in [0.3, 0.4) is 0 Å². The van der Waals surface area contributed by atoms with Gasteiger partial charge in [-0.1, -0.05) is 30.9 Å². The van der Waals surface area contributed by atoms with E-state index in [0.717, 1.165) is 62.4 Å². The molecule has 2 aliphatic heterocycles. The van der Waals surface area contributed by atoms with Crippen molar-refractivity contribution in [1.29, 1.82) is 0 Å².